The first-order valence-electron chi connectivity index (χ1n) is 5.63. The van der Waals surface area contributed by atoms with Crippen LogP contribution in [0.4, 0.5) is 0 Å². The number of rotatable bonds is 0. The SMILES string of the molecule is C1=c2c(n3cccc3c3ccccc23)=CC1. The topological polar surface area (TPSA) is 4.41 Å². The highest BCUT2D eigenvalue weighted by Crippen LogP contribution is 2.16. The molecule has 0 atom stereocenters. The largest absolute Gasteiger partial charge is 0.316 e. The molecule has 1 aliphatic rings. The number of hydrogen-bond donors (Lipinski definition) is 0. The molecule has 2 aromatic heterocycles. The molecule has 0 saturated carbocycles. The first-order chi connectivity index (χ1) is 7.95. The van der Waals surface area contributed by atoms with Gasteiger partial charge in [-0.25, -0.2) is 0 Å². The Morgan fingerprint density at radius 3 is 2.69 bits per heavy atom. The van der Waals surface area contributed by atoms with Gasteiger partial charge in [0, 0.05) is 22.2 Å². The van der Waals surface area contributed by atoms with Gasteiger partial charge in [0.25, 0.3) is 0 Å². The molecule has 1 aromatic carbocycles. The van der Waals surface area contributed by atoms with E-state index >= 15 is 0 Å². The lowest BCUT2D eigenvalue weighted by molar-refractivity contribution is 1.14. The molecule has 0 unspecified atom stereocenters. The minimum atomic E-state index is 1.05. The summed E-state index contributed by atoms with van der Waals surface area (Å²) in [5, 5.41) is 5.45. The third-order valence-corrected chi connectivity index (χ3v) is 3.41. The fourth-order valence-corrected chi connectivity index (χ4v) is 2.73. The van der Waals surface area contributed by atoms with Crippen molar-refractivity contribution >= 4 is 28.4 Å². The van der Waals surface area contributed by atoms with Crippen molar-refractivity contribution < 1.29 is 0 Å². The maximum Gasteiger partial charge on any atom is 0.0534 e. The Hall–Kier alpha value is -2.02. The summed E-state index contributed by atoms with van der Waals surface area (Å²) < 4.78 is 2.29. The Bertz CT molecular complexity index is 822. The van der Waals surface area contributed by atoms with Crippen LogP contribution < -0.4 is 10.6 Å². The zero-order valence-corrected chi connectivity index (χ0v) is 8.85. The predicted molar refractivity (Wildman–Crippen MR) is 67.7 cm³/mol. The number of pyridine rings is 1. The summed E-state index contributed by atoms with van der Waals surface area (Å²) in [6.45, 7) is 0. The molecular weight excluding hydrogens is 194 g/mol. The predicted octanol–water partition coefficient (Wildman–Crippen LogP) is 2.06. The van der Waals surface area contributed by atoms with Crippen molar-refractivity contribution in [3.05, 3.63) is 53.2 Å². The van der Waals surface area contributed by atoms with Gasteiger partial charge in [-0.1, -0.05) is 36.4 Å². The molecule has 0 N–H and O–H groups in total. The molecule has 0 radical (unpaired) electrons. The summed E-state index contributed by atoms with van der Waals surface area (Å²) in [5.74, 6) is 0. The molecule has 0 saturated heterocycles. The molecule has 0 bridgehead atoms. The van der Waals surface area contributed by atoms with E-state index in [9.17, 15) is 0 Å². The summed E-state index contributed by atoms with van der Waals surface area (Å²) >= 11 is 0. The Kier molecular flexibility index (Phi) is 1.41. The number of aromatic nitrogens is 1. The van der Waals surface area contributed by atoms with E-state index in [1.807, 2.05) is 0 Å². The quantitative estimate of drug-likeness (QED) is 0.529. The Morgan fingerprint density at radius 2 is 1.75 bits per heavy atom. The van der Waals surface area contributed by atoms with Crippen LogP contribution in [0.25, 0.3) is 28.4 Å². The molecule has 0 aliphatic heterocycles. The van der Waals surface area contributed by atoms with E-state index in [0.717, 1.165) is 6.42 Å². The van der Waals surface area contributed by atoms with E-state index in [1.165, 1.54) is 26.9 Å². The van der Waals surface area contributed by atoms with Crippen LogP contribution in [-0.4, -0.2) is 4.40 Å². The lowest BCUT2D eigenvalue weighted by Gasteiger charge is -2.03. The van der Waals surface area contributed by atoms with Crippen LogP contribution >= 0.6 is 0 Å². The molecule has 4 rings (SSSR count). The van der Waals surface area contributed by atoms with Crippen molar-refractivity contribution in [1.29, 1.82) is 0 Å². The molecule has 0 spiro atoms. The van der Waals surface area contributed by atoms with Crippen molar-refractivity contribution in [2.75, 3.05) is 0 Å². The molecule has 2 heterocycles. The molecule has 0 amide bonds. The van der Waals surface area contributed by atoms with E-state index in [2.05, 4.69) is 59.1 Å². The normalized spacial score (nSPS) is 13.8. The summed E-state index contributed by atoms with van der Waals surface area (Å²) in [6.07, 6.45) is 7.82. The monoisotopic (exact) mass is 205 g/mol. The second-order valence-electron chi connectivity index (χ2n) is 4.25. The zero-order valence-electron chi connectivity index (χ0n) is 8.85. The van der Waals surface area contributed by atoms with Crippen LogP contribution in [0.2, 0.25) is 0 Å². The fraction of sp³-hybridized carbons (Fsp3) is 0.0667. The molecule has 1 aliphatic carbocycles. The van der Waals surface area contributed by atoms with Crippen molar-refractivity contribution in [3.8, 4) is 0 Å². The van der Waals surface area contributed by atoms with Crippen molar-refractivity contribution in [2.45, 2.75) is 6.42 Å². The third-order valence-electron chi connectivity index (χ3n) is 3.41. The van der Waals surface area contributed by atoms with Gasteiger partial charge in [0.2, 0.25) is 0 Å². The van der Waals surface area contributed by atoms with Gasteiger partial charge in [-0.2, -0.15) is 0 Å². The second-order valence-corrected chi connectivity index (χ2v) is 4.25. The van der Waals surface area contributed by atoms with Crippen molar-refractivity contribution in [3.63, 3.8) is 0 Å². The average molecular weight is 205 g/mol. The van der Waals surface area contributed by atoms with Crippen LogP contribution in [0.15, 0.2) is 42.6 Å². The van der Waals surface area contributed by atoms with Crippen LogP contribution in [0.1, 0.15) is 6.42 Å². The van der Waals surface area contributed by atoms with Gasteiger partial charge >= 0.3 is 0 Å². The van der Waals surface area contributed by atoms with Gasteiger partial charge in [0.05, 0.1) is 5.52 Å². The molecule has 1 heteroatoms. The van der Waals surface area contributed by atoms with Crippen LogP contribution in [-0.2, 0) is 0 Å². The van der Waals surface area contributed by atoms with Gasteiger partial charge < -0.3 is 4.40 Å². The summed E-state index contributed by atoms with van der Waals surface area (Å²) in [6, 6.07) is 13.0. The van der Waals surface area contributed by atoms with Crippen LogP contribution in [0.5, 0.6) is 0 Å². The molecule has 0 fully saturated rings. The second kappa shape index (κ2) is 2.76. The van der Waals surface area contributed by atoms with Crippen molar-refractivity contribution in [1.82, 2.24) is 4.40 Å². The van der Waals surface area contributed by atoms with Gasteiger partial charge in [0.1, 0.15) is 0 Å². The molecule has 16 heavy (non-hydrogen) atoms. The summed E-state index contributed by atoms with van der Waals surface area (Å²) in [4.78, 5) is 0. The molecular formula is C15H11N. The minimum Gasteiger partial charge on any atom is -0.316 e. The van der Waals surface area contributed by atoms with Gasteiger partial charge in [-0.3, -0.25) is 0 Å². The Labute approximate surface area is 92.9 Å². The summed E-state index contributed by atoms with van der Waals surface area (Å²) in [5.41, 5.74) is 1.31. The summed E-state index contributed by atoms with van der Waals surface area (Å²) in [7, 11) is 0. The number of nitrogens with zero attached hydrogens (tertiary/aromatic N) is 1. The lowest BCUT2D eigenvalue weighted by atomic mass is 10.1. The fourth-order valence-electron chi connectivity index (χ4n) is 2.73. The highest BCUT2D eigenvalue weighted by Gasteiger charge is 2.06. The smallest absolute Gasteiger partial charge is 0.0534 e. The van der Waals surface area contributed by atoms with Crippen LogP contribution in [0.3, 0.4) is 0 Å². The van der Waals surface area contributed by atoms with E-state index in [0.29, 0.717) is 0 Å². The molecule has 76 valence electrons. The van der Waals surface area contributed by atoms with E-state index in [-0.39, 0.29) is 0 Å². The van der Waals surface area contributed by atoms with Crippen LogP contribution in [0, 0.1) is 0 Å². The zero-order chi connectivity index (χ0) is 10.5. The first-order valence-corrected chi connectivity index (χ1v) is 5.63. The Balaban J connectivity index is 2.53. The number of benzene rings is 1. The third kappa shape index (κ3) is 0.860. The van der Waals surface area contributed by atoms with Gasteiger partial charge in [-0.15, -0.1) is 0 Å². The maximum atomic E-state index is 2.32. The molecule has 1 nitrogen and oxygen atoms in total. The maximum absolute atomic E-state index is 2.32. The highest BCUT2D eigenvalue weighted by atomic mass is 14.9. The number of fused-ring (bicyclic) bond motifs is 6. The van der Waals surface area contributed by atoms with Crippen molar-refractivity contribution in [2.24, 2.45) is 0 Å². The minimum absolute atomic E-state index is 1.05. The Morgan fingerprint density at radius 1 is 0.875 bits per heavy atom. The number of hydrogen-bond acceptors (Lipinski definition) is 0. The van der Waals surface area contributed by atoms with Gasteiger partial charge in [0.15, 0.2) is 0 Å². The first kappa shape index (κ1) is 8.17. The van der Waals surface area contributed by atoms with E-state index < -0.39 is 0 Å². The average Bonchev–Trinajstić information content (AvgIpc) is 2.98. The lowest BCUT2D eigenvalue weighted by Crippen LogP contribution is -2.29. The molecule has 3 aromatic rings. The van der Waals surface area contributed by atoms with Gasteiger partial charge in [-0.05, 0) is 23.9 Å². The van der Waals surface area contributed by atoms with E-state index in [4.69, 9.17) is 0 Å². The van der Waals surface area contributed by atoms with E-state index in [1.54, 1.807) is 0 Å². The highest BCUT2D eigenvalue weighted by molar-refractivity contribution is 5.97. The standard InChI is InChI=1S/C15H11N/c1-2-6-12-11(5-1)13-7-3-8-14(13)16-10-4-9-15(12)16/h1-2,4-10H,3H2.